The molecule has 1 N–H and O–H groups in total. The van der Waals surface area contributed by atoms with Crippen molar-refractivity contribution in [1.29, 1.82) is 0 Å². The standard InChI is InChI=1S/C19H16Cl2N2O2S2/c1-11-3-4-12(2)17(7-11)27(25)10-18(24)23-19-22-16(9-26-19)14-6-5-13(20)8-15(14)21/h3-9H,10H2,1-2H3,(H,22,23,24). The van der Waals surface area contributed by atoms with Gasteiger partial charge in [-0.1, -0.05) is 35.3 Å². The molecule has 0 aliphatic rings. The van der Waals surface area contributed by atoms with Gasteiger partial charge in [0.05, 0.1) is 21.5 Å². The smallest absolute Gasteiger partial charge is 0.239 e. The molecule has 0 saturated heterocycles. The second kappa shape index (κ2) is 8.52. The van der Waals surface area contributed by atoms with Gasteiger partial charge in [-0.25, -0.2) is 4.98 Å². The zero-order valence-electron chi connectivity index (χ0n) is 14.6. The summed E-state index contributed by atoms with van der Waals surface area (Å²) >= 11 is 13.4. The molecule has 1 amide bonds. The van der Waals surface area contributed by atoms with E-state index in [4.69, 9.17) is 23.2 Å². The number of aromatic nitrogens is 1. The molecule has 140 valence electrons. The SMILES string of the molecule is Cc1ccc(C)c(S(=O)CC(=O)Nc2nc(-c3ccc(Cl)cc3Cl)cs2)c1. The van der Waals surface area contributed by atoms with Crippen molar-refractivity contribution in [3.63, 3.8) is 0 Å². The molecule has 0 fully saturated rings. The third-order valence-electron chi connectivity index (χ3n) is 3.81. The number of hydrogen-bond acceptors (Lipinski definition) is 4. The zero-order chi connectivity index (χ0) is 19.6. The second-order valence-electron chi connectivity index (χ2n) is 5.97. The number of carbonyl (C=O) groups is 1. The molecular formula is C19H16Cl2N2O2S2. The van der Waals surface area contributed by atoms with Crippen LogP contribution in [0, 0.1) is 13.8 Å². The van der Waals surface area contributed by atoms with Crippen molar-refractivity contribution in [2.24, 2.45) is 0 Å². The third kappa shape index (κ3) is 4.96. The zero-order valence-corrected chi connectivity index (χ0v) is 17.7. The highest BCUT2D eigenvalue weighted by Crippen LogP contribution is 2.32. The van der Waals surface area contributed by atoms with Gasteiger partial charge in [0.25, 0.3) is 0 Å². The number of anilines is 1. The molecule has 3 aromatic rings. The van der Waals surface area contributed by atoms with E-state index in [0.29, 0.717) is 25.8 Å². The number of rotatable bonds is 5. The number of aryl methyl sites for hydroxylation is 2. The molecule has 0 bridgehead atoms. The Morgan fingerprint density at radius 1 is 1.19 bits per heavy atom. The predicted molar refractivity (Wildman–Crippen MR) is 113 cm³/mol. The number of amides is 1. The molecular weight excluding hydrogens is 423 g/mol. The van der Waals surface area contributed by atoms with Crippen LogP contribution in [0.2, 0.25) is 10.0 Å². The summed E-state index contributed by atoms with van der Waals surface area (Å²) in [6.07, 6.45) is 0. The number of halogens is 2. The van der Waals surface area contributed by atoms with E-state index in [2.05, 4.69) is 10.3 Å². The first-order valence-corrected chi connectivity index (χ1v) is 11.0. The number of benzene rings is 2. The van der Waals surface area contributed by atoms with E-state index < -0.39 is 10.8 Å². The number of thiazole rings is 1. The fourth-order valence-electron chi connectivity index (χ4n) is 2.46. The molecule has 1 atom stereocenters. The molecule has 3 rings (SSSR count). The number of hydrogen-bond donors (Lipinski definition) is 1. The normalized spacial score (nSPS) is 12.0. The fourth-order valence-corrected chi connectivity index (χ4v) is 4.90. The molecule has 0 aliphatic carbocycles. The van der Waals surface area contributed by atoms with Crippen LogP contribution >= 0.6 is 34.5 Å². The molecule has 0 saturated carbocycles. The van der Waals surface area contributed by atoms with Crippen LogP contribution in [0.1, 0.15) is 11.1 Å². The maximum absolute atomic E-state index is 12.5. The third-order valence-corrected chi connectivity index (χ3v) is 6.57. The van der Waals surface area contributed by atoms with Gasteiger partial charge in [-0.3, -0.25) is 9.00 Å². The Kier molecular flexibility index (Phi) is 6.32. The van der Waals surface area contributed by atoms with Crippen molar-refractivity contribution >= 4 is 56.4 Å². The summed E-state index contributed by atoms with van der Waals surface area (Å²) in [5.74, 6) is -0.474. The van der Waals surface area contributed by atoms with Gasteiger partial charge in [0.2, 0.25) is 5.91 Å². The van der Waals surface area contributed by atoms with E-state index in [1.807, 2.05) is 32.0 Å². The Balaban J connectivity index is 1.69. The van der Waals surface area contributed by atoms with Gasteiger partial charge in [-0.15, -0.1) is 11.3 Å². The van der Waals surface area contributed by atoms with Gasteiger partial charge in [0, 0.05) is 20.9 Å². The van der Waals surface area contributed by atoms with Crippen molar-refractivity contribution in [3.8, 4) is 11.3 Å². The van der Waals surface area contributed by atoms with E-state index in [9.17, 15) is 9.00 Å². The van der Waals surface area contributed by atoms with Crippen molar-refractivity contribution in [3.05, 3.63) is 63.0 Å². The van der Waals surface area contributed by atoms with E-state index in [1.165, 1.54) is 11.3 Å². The highest BCUT2D eigenvalue weighted by Gasteiger charge is 2.15. The van der Waals surface area contributed by atoms with E-state index in [-0.39, 0.29) is 11.7 Å². The van der Waals surface area contributed by atoms with Gasteiger partial charge in [0.15, 0.2) is 5.13 Å². The van der Waals surface area contributed by atoms with Crippen LogP contribution in [-0.4, -0.2) is 20.9 Å². The van der Waals surface area contributed by atoms with Gasteiger partial charge < -0.3 is 5.32 Å². The van der Waals surface area contributed by atoms with Crippen LogP contribution in [0.5, 0.6) is 0 Å². The van der Waals surface area contributed by atoms with E-state index in [1.54, 1.807) is 23.6 Å². The Labute approximate surface area is 174 Å². The first-order chi connectivity index (χ1) is 12.8. The summed E-state index contributed by atoms with van der Waals surface area (Å²) in [6.45, 7) is 3.81. The Morgan fingerprint density at radius 2 is 1.96 bits per heavy atom. The van der Waals surface area contributed by atoms with Crippen molar-refractivity contribution in [2.45, 2.75) is 18.7 Å². The van der Waals surface area contributed by atoms with Crippen molar-refractivity contribution in [1.82, 2.24) is 4.98 Å². The number of nitrogens with zero attached hydrogens (tertiary/aromatic N) is 1. The average Bonchev–Trinajstić information content (AvgIpc) is 3.04. The molecule has 1 aromatic heterocycles. The quantitative estimate of drug-likeness (QED) is 0.573. The average molecular weight is 439 g/mol. The van der Waals surface area contributed by atoms with Crippen LogP contribution < -0.4 is 5.32 Å². The summed E-state index contributed by atoms with van der Waals surface area (Å²) in [5, 5.41) is 5.96. The summed E-state index contributed by atoms with van der Waals surface area (Å²) < 4.78 is 12.5. The highest BCUT2D eigenvalue weighted by molar-refractivity contribution is 7.85. The molecule has 1 unspecified atom stereocenters. The maximum atomic E-state index is 12.5. The fraction of sp³-hybridized carbons (Fsp3) is 0.158. The van der Waals surface area contributed by atoms with Gasteiger partial charge in [0.1, 0.15) is 5.75 Å². The minimum Gasteiger partial charge on any atom is -0.301 e. The van der Waals surface area contributed by atoms with E-state index >= 15 is 0 Å². The summed E-state index contributed by atoms with van der Waals surface area (Å²) in [6, 6.07) is 10.9. The predicted octanol–water partition coefficient (Wildman–Crippen LogP) is 5.48. The molecule has 8 heteroatoms. The second-order valence-corrected chi connectivity index (χ2v) is 9.09. The minimum atomic E-state index is -1.42. The number of nitrogens with one attached hydrogen (secondary N) is 1. The lowest BCUT2D eigenvalue weighted by molar-refractivity contribution is -0.113. The van der Waals surface area contributed by atoms with Gasteiger partial charge in [-0.2, -0.15) is 0 Å². The van der Waals surface area contributed by atoms with Crippen LogP contribution in [0.4, 0.5) is 5.13 Å². The summed E-state index contributed by atoms with van der Waals surface area (Å²) in [7, 11) is -1.42. The van der Waals surface area contributed by atoms with Crippen LogP contribution in [0.15, 0.2) is 46.7 Å². The molecule has 0 spiro atoms. The molecule has 0 aliphatic heterocycles. The maximum Gasteiger partial charge on any atom is 0.239 e. The lowest BCUT2D eigenvalue weighted by Crippen LogP contribution is -2.19. The van der Waals surface area contributed by atoms with Gasteiger partial charge >= 0.3 is 0 Å². The highest BCUT2D eigenvalue weighted by atomic mass is 35.5. The van der Waals surface area contributed by atoms with Crippen LogP contribution in [0.3, 0.4) is 0 Å². The number of carbonyl (C=O) groups excluding carboxylic acids is 1. The van der Waals surface area contributed by atoms with Crippen molar-refractivity contribution in [2.75, 3.05) is 11.1 Å². The summed E-state index contributed by atoms with van der Waals surface area (Å²) in [5.41, 5.74) is 3.29. The molecule has 1 heterocycles. The largest absolute Gasteiger partial charge is 0.301 e. The Morgan fingerprint density at radius 3 is 2.70 bits per heavy atom. The molecule has 2 aromatic carbocycles. The molecule has 27 heavy (non-hydrogen) atoms. The molecule has 4 nitrogen and oxygen atoms in total. The first-order valence-electron chi connectivity index (χ1n) is 8.00. The first kappa shape index (κ1) is 20.0. The monoisotopic (exact) mass is 438 g/mol. The topological polar surface area (TPSA) is 59.1 Å². The Bertz CT molecular complexity index is 1030. The van der Waals surface area contributed by atoms with Crippen LogP contribution in [-0.2, 0) is 15.6 Å². The van der Waals surface area contributed by atoms with Gasteiger partial charge in [-0.05, 0) is 49.2 Å². The van der Waals surface area contributed by atoms with Crippen LogP contribution in [0.25, 0.3) is 11.3 Å². The lowest BCUT2D eigenvalue weighted by atomic mass is 10.2. The van der Waals surface area contributed by atoms with Crippen molar-refractivity contribution < 1.29 is 9.00 Å². The molecule has 0 radical (unpaired) electrons. The summed E-state index contributed by atoms with van der Waals surface area (Å²) in [4.78, 5) is 17.3. The lowest BCUT2D eigenvalue weighted by Gasteiger charge is -2.07. The minimum absolute atomic E-state index is 0.124. The van der Waals surface area contributed by atoms with E-state index in [0.717, 1.165) is 16.7 Å². The Hall–Kier alpha value is -1.73.